The molecule has 0 fully saturated rings. The second kappa shape index (κ2) is 40.3. The Kier molecular flexibility index (Phi) is 38.1. The Morgan fingerprint density at radius 1 is 0.275 bits per heavy atom. The molecule has 0 radical (unpaired) electrons. The number of rotatable bonds is 42. The average Bonchev–Trinajstić information content (AvgIpc) is 3.14. The Hall–Kier alpha value is -0.850. The van der Waals surface area contributed by atoms with Crippen molar-refractivity contribution in [2.75, 3.05) is 0 Å². The van der Waals surface area contributed by atoms with Crippen LogP contribution in [0.4, 0.5) is 0 Å². The zero-order valence-corrected chi connectivity index (χ0v) is 35.9. The Bertz CT molecular complexity index is 742. The van der Waals surface area contributed by atoms with Crippen LogP contribution in [-0.2, 0) is 19.4 Å². The first-order valence-corrected chi connectivity index (χ1v) is 24.3. The van der Waals surface area contributed by atoms with Crippen molar-refractivity contribution < 1.29 is 4.57 Å². The van der Waals surface area contributed by atoms with E-state index in [1.807, 2.05) is 0 Å². The first-order chi connectivity index (χ1) is 25.3. The molecule has 51 heavy (non-hydrogen) atoms. The molecule has 1 heteroatoms. The highest BCUT2D eigenvalue weighted by atomic mass is 14.9. The third-order valence-electron chi connectivity index (χ3n) is 11.7. The normalized spacial score (nSPS) is 11.6. The van der Waals surface area contributed by atoms with Crippen LogP contribution < -0.4 is 4.57 Å². The van der Waals surface area contributed by atoms with Crippen LogP contribution in [0.15, 0.2) is 18.5 Å². The minimum absolute atomic E-state index is 1.21. The number of hydrogen-bond acceptors (Lipinski definition) is 0. The summed E-state index contributed by atoms with van der Waals surface area (Å²) in [6, 6.07) is 2.58. The van der Waals surface area contributed by atoms with E-state index in [0.29, 0.717) is 0 Å². The molecule has 0 aliphatic heterocycles. The lowest BCUT2D eigenvalue weighted by Crippen LogP contribution is -2.34. The maximum atomic E-state index is 2.58. The van der Waals surface area contributed by atoms with E-state index in [0.717, 1.165) is 0 Å². The van der Waals surface area contributed by atoms with Crippen molar-refractivity contribution >= 4 is 0 Å². The van der Waals surface area contributed by atoms with Gasteiger partial charge in [-0.15, -0.1) is 0 Å². The lowest BCUT2D eigenvalue weighted by Gasteiger charge is -2.07. The van der Waals surface area contributed by atoms with E-state index in [1.165, 1.54) is 270 Å². The molecule has 0 atom stereocenters. The smallest absolute Gasteiger partial charge is 0.171 e. The summed E-state index contributed by atoms with van der Waals surface area (Å²) in [5.41, 5.74) is 3.21. The van der Waals surface area contributed by atoms with Crippen molar-refractivity contribution in [3.63, 3.8) is 0 Å². The quantitative estimate of drug-likeness (QED) is 0.0470. The molecule has 300 valence electrons. The van der Waals surface area contributed by atoms with Gasteiger partial charge in [-0.2, -0.15) is 0 Å². The van der Waals surface area contributed by atoms with Gasteiger partial charge in [-0.1, -0.05) is 245 Å². The third kappa shape index (κ3) is 34.7. The van der Waals surface area contributed by atoms with E-state index in [1.54, 1.807) is 11.1 Å². The molecule has 1 nitrogen and oxygen atoms in total. The zero-order chi connectivity index (χ0) is 36.6. The highest BCUT2D eigenvalue weighted by Gasteiger charge is 2.09. The van der Waals surface area contributed by atoms with Gasteiger partial charge in [0.05, 0.1) is 0 Å². The molecule has 1 aromatic rings. The summed E-state index contributed by atoms with van der Waals surface area (Å²) in [5, 5.41) is 0. The van der Waals surface area contributed by atoms with Crippen LogP contribution >= 0.6 is 0 Å². The first kappa shape index (κ1) is 48.2. The second-order valence-electron chi connectivity index (χ2n) is 17.0. The van der Waals surface area contributed by atoms with Crippen molar-refractivity contribution in [1.82, 2.24) is 0 Å². The van der Waals surface area contributed by atoms with Gasteiger partial charge in [0.1, 0.15) is 6.54 Å². The number of aryl methyl sites for hydroxylation is 3. The van der Waals surface area contributed by atoms with Crippen molar-refractivity contribution in [3.8, 4) is 0 Å². The Balaban J connectivity index is 2.14. The van der Waals surface area contributed by atoms with Crippen LogP contribution in [0.5, 0.6) is 0 Å². The van der Waals surface area contributed by atoms with Crippen LogP contribution in [0.2, 0.25) is 0 Å². The van der Waals surface area contributed by atoms with Gasteiger partial charge in [0.2, 0.25) is 0 Å². The average molecular weight is 711 g/mol. The fourth-order valence-electron chi connectivity index (χ4n) is 8.18. The van der Waals surface area contributed by atoms with Crippen LogP contribution in [-0.4, -0.2) is 0 Å². The Morgan fingerprint density at radius 3 is 0.745 bits per heavy atom. The van der Waals surface area contributed by atoms with Crippen molar-refractivity contribution in [2.24, 2.45) is 0 Å². The van der Waals surface area contributed by atoms with Gasteiger partial charge in [0.15, 0.2) is 12.4 Å². The molecule has 0 spiro atoms. The topological polar surface area (TPSA) is 3.88 Å². The maximum Gasteiger partial charge on any atom is 0.171 e. The lowest BCUT2D eigenvalue weighted by atomic mass is 10.0. The van der Waals surface area contributed by atoms with Crippen LogP contribution in [0.25, 0.3) is 0 Å². The van der Waals surface area contributed by atoms with Crippen LogP contribution in [0.1, 0.15) is 282 Å². The van der Waals surface area contributed by atoms with Gasteiger partial charge < -0.3 is 0 Å². The number of aromatic nitrogens is 1. The first-order valence-electron chi connectivity index (χ1n) is 24.3. The number of hydrogen-bond donors (Lipinski definition) is 0. The fourth-order valence-corrected chi connectivity index (χ4v) is 8.18. The minimum Gasteiger partial charge on any atom is -0.205 e. The SMILES string of the molecule is CCCCCCCCCCCCCCCCCCCc1cc(CCCCCCCCCCCCCCCCCCC)c[n+](CCCCCCC)c1. The van der Waals surface area contributed by atoms with Gasteiger partial charge in [0.25, 0.3) is 0 Å². The molecule has 0 aromatic carbocycles. The van der Waals surface area contributed by atoms with Crippen molar-refractivity contribution in [3.05, 3.63) is 29.6 Å². The number of unbranched alkanes of at least 4 members (excludes halogenated alkanes) is 36. The lowest BCUT2D eigenvalue weighted by molar-refractivity contribution is -0.698. The molecule has 0 amide bonds. The molecular formula is C50H96N+. The fraction of sp³-hybridized carbons (Fsp3) is 0.900. The second-order valence-corrected chi connectivity index (χ2v) is 17.0. The van der Waals surface area contributed by atoms with Crippen LogP contribution in [0, 0.1) is 0 Å². The molecule has 0 unspecified atom stereocenters. The molecule has 1 heterocycles. The van der Waals surface area contributed by atoms with E-state index in [9.17, 15) is 0 Å². The van der Waals surface area contributed by atoms with E-state index in [2.05, 4.69) is 43.8 Å². The zero-order valence-electron chi connectivity index (χ0n) is 35.9. The van der Waals surface area contributed by atoms with Crippen molar-refractivity contribution in [1.29, 1.82) is 0 Å². The molecule has 0 saturated heterocycles. The molecule has 1 aromatic heterocycles. The van der Waals surface area contributed by atoms with Gasteiger partial charge in [-0.25, -0.2) is 4.57 Å². The number of nitrogens with zero attached hydrogens (tertiary/aromatic N) is 1. The summed E-state index contributed by atoms with van der Waals surface area (Å²) >= 11 is 0. The molecule has 0 aliphatic rings. The Morgan fingerprint density at radius 2 is 0.490 bits per heavy atom. The Labute approximate surface area is 323 Å². The minimum atomic E-state index is 1.21. The summed E-state index contributed by atoms with van der Waals surface area (Å²) < 4.78 is 2.57. The van der Waals surface area contributed by atoms with E-state index >= 15 is 0 Å². The van der Waals surface area contributed by atoms with Gasteiger partial charge >= 0.3 is 0 Å². The monoisotopic (exact) mass is 711 g/mol. The van der Waals surface area contributed by atoms with Gasteiger partial charge in [-0.05, 0) is 38.2 Å². The summed E-state index contributed by atoms with van der Waals surface area (Å²) in [6.45, 7) is 8.16. The van der Waals surface area contributed by atoms with Gasteiger partial charge in [0, 0.05) is 17.5 Å². The highest BCUT2D eigenvalue weighted by molar-refractivity contribution is 5.15. The third-order valence-corrected chi connectivity index (χ3v) is 11.7. The standard InChI is InChI=1S/C50H96N/c1-4-7-10-13-15-17-19-21-23-25-27-29-31-33-35-37-40-43-49-46-50(48-51(47-49)45-42-39-12-9-6-3)44-41-38-36-34-32-30-28-26-24-22-20-18-16-14-11-8-5-2/h46-48H,4-45H2,1-3H3/q+1. The summed E-state index contributed by atoms with van der Waals surface area (Å²) in [6.07, 6.45) is 63.8. The molecule has 0 aliphatic carbocycles. The summed E-state index contributed by atoms with van der Waals surface area (Å²) in [5.74, 6) is 0. The van der Waals surface area contributed by atoms with Crippen LogP contribution in [0.3, 0.4) is 0 Å². The maximum absolute atomic E-state index is 2.58. The largest absolute Gasteiger partial charge is 0.205 e. The molecule has 1 rings (SSSR count). The predicted molar refractivity (Wildman–Crippen MR) is 231 cm³/mol. The van der Waals surface area contributed by atoms with E-state index < -0.39 is 0 Å². The van der Waals surface area contributed by atoms with Gasteiger partial charge in [-0.3, -0.25) is 0 Å². The van der Waals surface area contributed by atoms with E-state index in [-0.39, 0.29) is 0 Å². The molecule has 0 bridgehead atoms. The molecule has 0 N–H and O–H groups in total. The number of pyridine rings is 1. The molecular weight excluding hydrogens is 615 g/mol. The molecule has 0 saturated carbocycles. The summed E-state index contributed by atoms with van der Waals surface area (Å²) in [4.78, 5) is 0. The van der Waals surface area contributed by atoms with Crippen molar-refractivity contribution in [2.45, 2.75) is 291 Å². The summed E-state index contributed by atoms with van der Waals surface area (Å²) in [7, 11) is 0. The highest BCUT2D eigenvalue weighted by Crippen LogP contribution is 2.17. The predicted octanol–water partition coefficient (Wildman–Crippen LogP) is 17.3. The van der Waals surface area contributed by atoms with E-state index in [4.69, 9.17) is 0 Å².